The molecule has 1 atom stereocenters. The Labute approximate surface area is 132 Å². The molecule has 1 aliphatic rings. The summed E-state index contributed by atoms with van der Waals surface area (Å²) in [6, 6.07) is 8.93. The van der Waals surface area contributed by atoms with Crippen LogP contribution < -0.4 is 16.6 Å². The Morgan fingerprint density at radius 2 is 1.87 bits per heavy atom. The molecule has 1 aliphatic heterocycles. The van der Waals surface area contributed by atoms with Crippen LogP contribution in [0.15, 0.2) is 44.9 Å². The molecule has 120 valence electrons. The van der Waals surface area contributed by atoms with Crippen molar-refractivity contribution in [2.45, 2.75) is 6.04 Å². The third-order valence-corrected chi connectivity index (χ3v) is 4.04. The van der Waals surface area contributed by atoms with Gasteiger partial charge in [-0.2, -0.15) is 0 Å². The van der Waals surface area contributed by atoms with Gasteiger partial charge < -0.3 is 10.4 Å². The van der Waals surface area contributed by atoms with E-state index in [1.165, 1.54) is 14.1 Å². The predicted molar refractivity (Wildman–Crippen MR) is 87.2 cm³/mol. The van der Waals surface area contributed by atoms with E-state index in [2.05, 4.69) is 10.3 Å². The average molecular weight is 314 g/mol. The van der Waals surface area contributed by atoms with Crippen molar-refractivity contribution in [2.24, 2.45) is 19.1 Å². The van der Waals surface area contributed by atoms with Gasteiger partial charge in [-0.05, 0) is 5.56 Å². The molecule has 2 aromatic rings. The second-order valence-corrected chi connectivity index (χ2v) is 5.46. The molecule has 2 N–H and O–H groups in total. The van der Waals surface area contributed by atoms with Gasteiger partial charge in [-0.15, -0.1) is 0 Å². The van der Waals surface area contributed by atoms with Crippen LogP contribution >= 0.6 is 0 Å². The molecule has 1 aromatic carbocycles. The lowest BCUT2D eigenvalue weighted by Crippen LogP contribution is -2.44. The highest BCUT2D eigenvalue weighted by atomic mass is 16.3. The SMILES string of the molecule is Cn1c(O)c(C2NCCN=C2c2ccccc2)c(=O)n(C)c1=O. The van der Waals surface area contributed by atoms with Gasteiger partial charge in [-0.3, -0.25) is 18.9 Å². The lowest BCUT2D eigenvalue weighted by Gasteiger charge is -2.26. The summed E-state index contributed by atoms with van der Waals surface area (Å²) < 4.78 is 2.06. The Hall–Kier alpha value is -2.67. The van der Waals surface area contributed by atoms with E-state index in [1.807, 2.05) is 30.3 Å². The minimum atomic E-state index is -0.565. The molecule has 3 rings (SSSR count). The number of hydrogen-bond acceptors (Lipinski definition) is 5. The topological polar surface area (TPSA) is 88.6 Å². The zero-order valence-electron chi connectivity index (χ0n) is 13.0. The molecular formula is C16H18N4O3. The molecule has 1 unspecified atom stereocenters. The summed E-state index contributed by atoms with van der Waals surface area (Å²) in [5.74, 6) is -0.332. The molecule has 0 fully saturated rings. The van der Waals surface area contributed by atoms with Crippen LogP contribution in [-0.4, -0.2) is 33.0 Å². The fraction of sp³-hybridized carbons (Fsp3) is 0.312. The zero-order valence-corrected chi connectivity index (χ0v) is 13.0. The summed E-state index contributed by atoms with van der Waals surface area (Å²) in [6.07, 6.45) is 0. The number of aliphatic imine (C=N–C) groups is 1. The van der Waals surface area contributed by atoms with E-state index in [9.17, 15) is 14.7 Å². The van der Waals surface area contributed by atoms with Crippen LogP contribution in [0.1, 0.15) is 17.2 Å². The van der Waals surface area contributed by atoms with Crippen LogP contribution in [0, 0.1) is 0 Å². The summed E-state index contributed by atoms with van der Waals surface area (Å²) in [5.41, 5.74) is 0.610. The van der Waals surface area contributed by atoms with Crippen molar-refractivity contribution in [1.29, 1.82) is 0 Å². The Morgan fingerprint density at radius 1 is 1.17 bits per heavy atom. The molecule has 0 aliphatic carbocycles. The number of hydrogen-bond donors (Lipinski definition) is 2. The standard InChI is InChI=1S/C16H18N4O3/c1-19-14(21)11(15(22)20(2)16(19)23)13-12(17-8-9-18-13)10-6-4-3-5-7-10/h3-7,13,18,21H,8-9H2,1-2H3. The van der Waals surface area contributed by atoms with Gasteiger partial charge in [0.05, 0.1) is 18.3 Å². The normalized spacial score (nSPS) is 17.8. The van der Waals surface area contributed by atoms with E-state index in [-0.39, 0.29) is 11.4 Å². The molecule has 7 nitrogen and oxygen atoms in total. The third-order valence-electron chi connectivity index (χ3n) is 4.04. The van der Waals surface area contributed by atoms with Crippen LogP contribution in [0.3, 0.4) is 0 Å². The molecule has 0 radical (unpaired) electrons. The predicted octanol–water partition coefficient (Wildman–Crippen LogP) is -0.0768. The molecule has 0 amide bonds. The maximum atomic E-state index is 12.5. The van der Waals surface area contributed by atoms with Crippen molar-refractivity contribution >= 4 is 5.71 Å². The van der Waals surface area contributed by atoms with Crippen molar-refractivity contribution in [1.82, 2.24) is 14.5 Å². The monoisotopic (exact) mass is 314 g/mol. The summed E-state index contributed by atoms with van der Waals surface area (Å²) in [7, 11) is 2.83. The number of benzene rings is 1. The molecule has 0 saturated heterocycles. The highest BCUT2D eigenvalue weighted by Gasteiger charge is 2.29. The quantitative estimate of drug-likeness (QED) is 0.812. The first-order valence-corrected chi connectivity index (χ1v) is 7.34. The van der Waals surface area contributed by atoms with E-state index < -0.39 is 17.3 Å². The van der Waals surface area contributed by atoms with Crippen LogP contribution in [0.5, 0.6) is 5.88 Å². The molecule has 1 aromatic heterocycles. The van der Waals surface area contributed by atoms with Crippen LogP contribution in [0.2, 0.25) is 0 Å². The van der Waals surface area contributed by atoms with Gasteiger partial charge in [0, 0.05) is 20.6 Å². The van der Waals surface area contributed by atoms with E-state index in [4.69, 9.17) is 0 Å². The van der Waals surface area contributed by atoms with Crippen molar-refractivity contribution in [3.05, 3.63) is 62.3 Å². The smallest absolute Gasteiger partial charge is 0.333 e. The van der Waals surface area contributed by atoms with E-state index in [1.54, 1.807) is 0 Å². The highest BCUT2D eigenvalue weighted by molar-refractivity contribution is 6.05. The molecule has 7 heteroatoms. The van der Waals surface area contributed by atoms with Gasteiger partial charge in [-0.1, -0.05) is 30.3 Å². The Balaban J connectivity index is 2.22. The lowest BCUT2D eigenvalue weighted by atomic mass is 9.96. The first-order chi connectivity index (χ1) is 11.0. The first-order valence-electron chi connectivity index (χ1n) is 7.34. The van der Waals surface area contributed by atoms with Gasteiger partial charge in [0.2, 0.25) is 5.88 Å². The first kappa shape index (κ1) is 15.2. The average Bonchev–Trinajstić information content (AvgIpc) is 2.60. The summed E-state index contributed by atoms with van der Waals surface area (Å²) in [5, 5.41) is 13.6. The summed E-state index contributed by atoms with van der Waals surface area (Å²) in [4.78, 5) is 29.0. The molecule has 0 bridgehead atoms. The molecular weight excluding hydrogens is 296 g/mol. The van der Waals surface area contributed by atoms with Crippen molar-refractivity contribution < 1.29 is 5.11 Å². The number of nitrogens with one attached hydrogen (secondary N) is 1. The van der Waals surface area contributed by atoms with Crippen LogP contribution in [0.25, 0.3) is 0 Å². The summed E-state index contributed by atoms with van der Waals surface area (Å²) >= 11 is 0. The fourth-order valence-electron chi connectivity index (χ4n) is 2.79. The second-order valence-electron chi connectivity index (χ2n) is 5.46. The van der Waals surface area contributed by atoms with E-state index in [0.717, 1.165) is 14.7 Å². The van der Waals surface area contributed by atoms with Crippen molar-refractivity contribution in [2.75, 3.05) is 13.1 Å². The van der Waals surface area contributed by atoms with Crippen molar-refractivity contribution in [3.8, 4) is 5.88 Å². The molecule has 2 heterocycles. The molecule has 0 saturated carbocycles. The largest absolute Gasteiger partial charge is 0.494 e. The van der Waals surface area contributed by atoms with Gasteiger partial charge in [0.15, 0.2) is 0 Å². The fourth-order valence-corrected chi connectivity index (χ4v) is 2.79. The minimum absolute atomic E-state index is 0.136. The van der Waals surface area contributed by atoms with E-state index in [0.29, 0.717) is 18.8 Å². The third kappa shape index (κ3) is 2.49. The zero-order chi connectivity index (χ0) is 16.6. The highest BCUT2D eigenvalue weighted by Crippen LogP contribution is 2.24. The van der Waals surface area contributed by atoms with Gasteiger partial charge >= 0.3 is 5.69 Å². The van der Waals surface area contributed by atoms with Crippen molar-refractivity contribution in [3.63, 3.8) is 0 Å². The maximum Gasteiger partial charge on any atom is 0.333 e. The van der Waals surface area contributed by atoms with E-state index >= 15 is 0 Å². The molecule has 0 spiro atoms. The number of aromatic hydroxyl groups is 1. The number of rotatable bonds is 2. The lowest BCUT2D eigenvalue weighted by molar-refractivity contribution is 0.396. The Bertz CT molecular complexity index is 881. The van der Waals surface area contributed by atoms with Gasteiger partial charge in [0.1, 0.15) is 5.56 Å². The Morgan fingerprint density at radius 3 is 2.57 bits per heavy atom. The number of nitrogens with zero attached hydrogens (tertiary/aromatic N) is 3. The number of aromatic nitrogens is 2. The maximum absolute atomic E-state index is 12.5. The molecule has 23 heavy (non-hydrogen) atoms. The summed E-state index contributed by atoms with van der Waals surface area (Å²) in [6.45, 7) is 1.18. The second kappa shape index (κ2) is 5.85. The minimum Gasteiger partial charge on any atom is -0.494 e. The van der Waals surface area contributed by atoms with Crippen LogP contribution in [-0.2, 0) is 14.1 Å². The van der Waals surface area contributed by atoms with Crippen LogP contribution in [0.4, 0.5) is 0 Å². The Kier molecular flexibility index (Phi) is 3.87. The van der Waals surface area contributed by atoms with Gasteiger partial charge in [-0.25, -0.2) is 4.79 Å². The van der Waals surface area contributed by atoms with Gasteiger partial charge in [0.25, 0.3) is 5.56 Å².